The Kier molecular flexibility index (Phi) is 5.08. The number of halogens is 1. The Morgan fingerprint density at radius 3 is 2.64 bits per heavy atom. The second-order valence-electron chi connectivity index (χ2n) is 8.53. The van der Waals surface area contributed by atoms with E-state index in [2.05, 4.69) is 45.5 Å². The van der Waals surface area contributed by atoms with Crippen LogP contribution in [0.3, 0.4) is 0 Å². The molecule has 2 unspecified atom stereocenters. The fourth-order valence-corrected chi connectivity index (χ4v) is 5.41. The largest absolute Gasteiger partial charge is 0.369 e. The quantitative estimate of drug-likeness (QED) is 0.851. The fourth-order valence-electron chi connectivity index (χ4n) is 5.41. The van der Waals surface area contributed by atoms with Crippen LogP contribution >= 0.6 is 0 Å². The van der Waals surface area contributed by atoms with E-state index < -0.39 is 0 Å². The standard InChI is InChI=1S/C24H30FN3/c25-22-4-2-1-3-19-7-10-23(24(19)22)28-14-11-20(17-28)18-5-8-21(9-6-18)27-15-12-26-13-16-27/h1-2,4-6,8-9,20,23,26H,3,7,10-17H2. The van der Waals surface area contributed by atoms with Crippen molar-refractivity contribution in [2.75, 3.05) is 44.2 Å². The number of nitrogens with one attached hydrogen (secondary N) is 1. The Labute approximate surface area is 167 Å². The molecule has 28 heavy (non-hydrogen) atoms. The van der Waals surface area contributed by atoms with Gasteiger partial charge in [0.25, 0.3) is 0 Å². The van der Waals surface area contributed by atoms with Gasteiger partial charge < -0.3 is 10.2 Å². The summed E-state index contributed by atoms with van der Waals surface area (Å²) in [6.45, 7) is 6.44. The zero-order valence-corrected chi connectivity index (χ0v) is 16.5. The molecule has 148 valence electrons. The molecule has 2 aliphatic heterocycles. The zero-order chi connectivity index (χ0) is 18.9. The van der Waals surface area contributed by atoms with Crippen molar-refractivity contribution in [2.45, 2.75) is 37.6 Å². The van der Waals surface area contributed by atoms with Crippen LogP contribution in [-0.4, -0.2) is 50.2 Å². The number of nitrogens with zero attached hydrogens (tertiary/aromatic N) is 2. The van der Waals surface area contributed by atoms with Crippen molar-refractivity contribution in [3.8, 4) is 0 Å². The normalized spacial score (nSPS) is 28.5. The van der Waals surface area contributed by atoms with Gasteiger partial charge in [-0.2, -0.15) is 0 Å². The van der Waals surface area contributed by atoms with Gasteiger partial charge in [0.05, 0.1) is 0 Å². The SMILES string of the molecule is FC1=CC=CCC2=C1C(N1CCC(c3ccc(N4CCNCC4)cc3)C1)CC2. The van der Waals surface area contributed by atoms with Crippen molar-refractivity contribution in [1.29, 1.82) is 0 Å². The van der Waals surface area contributed by atoms with E-state index >= 15 is 0 Å². The third-order valence-electron chi connectivity index (χ3n) is 6.94. The van der Waals surface area contributed by atoms with E-state index in [4.69, 9.17) is 0 Å². The maximum Gasteiger partial charge on any atom is 0.127 e. The Bertz CT molecular complexity index is 802. The van der Waals surface area contributed by atoms with Gasteiger partial charge in [0.2, 0.25) is 0 Å². The Balaban J connectivity index is 1.27. The molecule has 2 atom stereocenters. The van der Waals surface area contributed by atoms with E-state index in [9.17, 15) is 4.39 Å². The van der Waals surface area contributed by atoms with E-state index in [0.29, 0.717) is 5.92 Å². The lowest BCUT2D eigenvalue weighted by molar-refractivity contribution is 0.266. The van der Waals surface area contributed by atoms with Gasteiger partial charge in [-0.05, 0) is 61.9 Å². The minimum absolute atomic E-state index is 0.00456. The summed E-state index contributed by atoms with van der Waals surface area (Å²) in [4.78, 5) is 5.00. The van der Waals surface area contributed by atoms with Crippen molar-refractivity contribution < 1.29 is 4.39 Å². The Morgan fingerprint density at radius 1 is 1.00 bits per heavy atom. The second-order valence-corrected chi connectivity index (χ2v) is 8.53. The molecule has 0 radical (unpaired) electrons. The number of hydrogen-bond acceptors (Lipinski definition) is 3. The summed E-state index contributed by atoms with van der Waals surface area (Å²) in [5.74, 6) is 0.563. The number of benzene rings is 1. The van der Waals surface area contributed by atoms with E-state index in [0.717, 1.165) is 64.1 Å². The molecular formula is C24H30FN3. The van der Waals surface area contributed by atoms with Gasteiger partial charge in [0.15, 0.2) is 0 Å². The predicted octanol–water partition coefficient (Wildman–Crippen LogP) is 4.16. The Hall–Kier alpha value is -1.91. The molecule has 0 saturated carbocycles. The molecule has 5 rings (SSSR count). The van der Waals surface area contributed by atoms with Crippen LogP contribution in [0.4, 0.5) is 10.1 Å². The van der Waals surface area contributed by atoms with Crippen molar-refractivity contribution in [3.05, 3.63) is 65.0 Å². The van der Waals surface area contributed by atoms with Crippen LogP contribution in [0, 0.1) is 0 Å². The summed E-state index contributed by atoms with van der Waals surface area (Å²) in [7, 11) is 0. The van der Waals surface area contributed by atoms with Crippen LogP contribution in [-0.2, 0) is 0 Å². The molecule has 1 N–H and O–H groups in total. The molecule has 1 aromatic carbocycles. The first kappa shape index (κ1) is 18.1. The maximum atomic E-state index is 14.7. The molecule has 0 bridgehead atoms. The maximum absolute atomic E-state index is 14.7. The minimum atomic E-state index is -0.00456. The summed E-state index contributed by atoms with van der Waals surface area (Å²) >= 11 is 0. The van der Waals surface area contributed by atoms with Gasteiger partial charge >= 0.3 is 0 Å². The van der Waals surface area contributed by atoms with Crippen LogP contribution in [0.25, 0.3) is 0 Å². The fraction of sp³-hybridized carbons (Fsp3) is 0.500. The highest BCUT2D eigenvalue weighted by Gasteiger charge is 2.36. The molecule has 2 fully saturated rings. The highest BCUT2D eigenvalue weighted by atomic mass is 19.1. The lowest BCUT2D eigenvalue weighted by Crippen LogP contribution is -2.43. The second kappa shape index (κ2) is 7.84. The molecule has 0 amide bonds. The van der Waals surface area contributed by atoms with Gasteiger partial charge in [-0.15, -0.1) is 0 Å². The summed E-state index contributed by atoms with van der Waals surface area (Å²) in [5.41, 5.74) is 5.09. The molecule has 1 aromatic rings. The van der Waals surface area contributed by atoms with Crippen LogP contribution in [0.5, 0.6) is 0 Å². The number of likely N-dealkylation sites (tertiary alicyclic amines) is 1. The molecule has 2 aliphatic carbocycles. The monoisotopic (exact) mass is 379 g/mol. The van der Waals surface area contributed by atoms with Crippen LogP contribution in [0.1, 0.15) is 37.2 Å². The third kappa shape index (κ3) is 3.44. The number of piperazine rings is 1. The van der Waals surface area contributed by atoms with E-state index in [1.807, 2.05) is 6.08 Å². The lowest BCUT2D eigenvalue weighted by atomic mass is 9.98. The number of allylic oxidation sites excluding steroid dienone is 4. The highest BCUT2D eigenvalue weighted by Crippen LogP contribution is 2.41. The highest BCUT2D eigenvalue weighted by molar-refractivity contribution is 5.49. The molecule has 4 aliphatic rings. The van der Waals surface area contributed by atoms with Gasteiger partial charge in [-0.3, -0.25) is 4.90 Å². The average Bonchev–Trinajstić information content (AvgIpc) is 3.35. The molecule has 2 saturated heterocycles. The molecule has 0 aromatic heterocycles. The summed E-state index contributed by atoms with van der Waals surface area (Å²) < 4.78 is 14.7. The predicted molar refractivity (Wildman–Crippen MR) is 113 cm³/mol. The lowest BCUT2D eigenvalue weighted by Gasteiger charge is -2.29. The van der Waals surface area contributed by atoms with Crippen LogP contribution < -0.4 is 10.2 Å². The van der Waals surface area contributed by atoms with E-state index in [-0.39, 0.29) is 11.9 Å². The topological polar surface area (TPSA) is 18.5 Å². The van der Waals surface area contributed by atoms with Crippen LogP contribution in [0.2, 0.25) is 0 Å². The van der Waals surface area contributed by atoms with Gasteiger partial charge in [0, 0.05) is 50.0 Å². The van der Waals surface area contributed by atoms with Crippen molar-refractivity contribution in [1.82, 2.24) is 10.2 Å². The van der Waals surface area contributed by atoms with Crippen molar-refractivity contribution in [3.63, 3.8) is 0 Å². The molecular weight excluding hydrogens is 349 g/mol. The van der Waals surface area contributed by atoms with Crippen molar-refractivity contribution >= 4 is 5.69 Å². The van der Waals surface area contributed by atoms with Crippen LogP contribution in [0.15, 0.2) is 59.5 Å². The first-order valence-corrected chi connectivity index (χ1v) is 10.8. The van der Waals surface area contributed by atoms with Gasteiger partial charge in [-0.25, -0.2) is 4.39 Å². The molecule has 3 nitrogen and oxygen atoms in total. The summed E-state index contributed by atoms with van der Waals surface area (Å²) in [6, 6.07) is 9.50. The molecule has 2 heterocycles. The first-order chi connectivity index (χ1) is 13.8. The third-order valence-corrected chi connectivity index (χ3v) is 6.94. The average molecular weight is 380 g/mol. The Morgan fingerprint density at radius 2 is 1.82 bits per heavy atom. The van der Waals surface area contributed by atoms with E-state index in [1.54, 1.807) is 6.08 Å². The summed E-state index contributed by atoms with van der Waals surface area (Å²) in [5, 5.41) is 3.41. The number of rotatable bonds is 3. The summed E-state index contributed by atoms with van der Waals surface area (Å²) in [6.07, 6.45) is 9.84. The van der Waals surface area contributed by atoms with Crippen molar-refractivity contribution in [2.24, 2.45) is 0 Å². The van der Waals surface area contributed by atoms with E-state index in [1.165, 1.54) is 23.2 Å². The zero-order valence-electron chi connectivity index (χ0n) is 16.5. The smallest absolute Gasteiger partial charge is 0.127 e. The minimum Gasteiger partial charge on any atom is -0.369 e. The van der Waals surface area contributed by atoms with Gasteiger partial charge in [0.1, 0.15) is 5.83 Å². The first-order valence-electron chi connectivity index (χ1n) is 10.8. The number of anilines is 1. The molecule has 0 spiro atoms. The number of hydrogen-bond donors (Lipinski definition) is 1. The molecule has 4 heteroatoms. The van der Waals surface area contributed by atoms with Gasteiger partial charge in [-0.1, -0.05) is 29.9 Å².